The molecule has 9 heteroatoms. The molecule has 1 N–H and O–H groups in total. The van der Waals surface area contributed by atoms with Crippen molar-refractivity contribution >= 4 is 38.7 Å². The van der Waals surface area contributed by atoms with Crippen molar-refractivity contribution in [1.82, 2.24) is 18.7 Å². The normalized spacial score (nSPS) is 11.0. The minimum Gasteiger partial charge on any atom is -0.326 e. The number of amides is 1. The molecule has 0 saturated carbocycles. The van der Waals surface area contributed by atoms with E-state index in [2.05, 4.69) is 26.2 Å². The average Bonchev–Trinajstić information content (AvgIpc) is 3.04. The van der Waals surface area contributed by atoms with Crippen molar-refractivity contribution < 1.29 is 4.79 Å². The molecule has 0 aliphatic carbocycles. The van der Waals surface area contributed by atoms with Crippen LogP contribution >= 0.6 is 15.9 Å². The molecule has 0 spiro atoms. The van der Waals surface area contributed by atoms with Crippen molar-refractivity contribution in [3.8, 4) is 0 Å². The van der Waals surface area contributed by atoms with E-state index in [1.165, 1.54) is 17.9 Å². The lowest BCUT2D eigenvalue weighted by molar-refractivity contribution is -0.116. The number of hydrogen-bond donors (Lipinski definition) is 1. The maximum absolute atomic E-state index is 12.4. The van der Waals surface area contributed by atoms with Crippen LogP contribution in [0.4, 0.5) is 5.69 Å². The lowest BCUT2D eigenvalue weighted by Gasteiger charge is -2.07. The van der Waals surface area contributed by atoms with E-state index in [1.54, 1.807) is 11.6 Å². The first-order valence-electron chi connectivity index (χ1n) is 8.04. The molecule has 3 rings (SSSR count). The number of fused-ring (bicyclic) bond motifs is 1. The van der Waals surface area contributed by atoms with Gasteiger partial charge in [0.2, 0.25) is 5.91 Å². The monoisotopic (exact) mass is 419 g/mol. The van der Waals surface area contributed by atoms with Crippen molar-refractivity contribution in [3.05, 3.63) is 55.9 Å². The highest BCUT2D eigenvalue weighted by atomic mass is 79.9. The third-order valence-electron chi connectivity index (χ3n) is 4.15. The Labute approximate surface area is 157 Å². The fourth-order valence-electron chi connectivity index (χ4n) is 2.73. The standard InChI is InChI=1S/C17H18BrN5O3/c1-21-15-14(16(25)22(2)17(21)26)23(10-19-15)9-3-4-13(24)20-12-7-5-11(18)6-8-12/h5-8,10H,3-4,9H2,1-2H3,(H,20,24). The van der Waals surface area contributed by atoms with Crippen LogP contribution in [-0.2, 0) is 25.4 Å². The molecule has 0 bridgehead atoms. The second-order valence-corrected chi connectivity index (χ2v) is 6.89. The van der Waals surface area contributed by atoms with E-state index in [0.717, 1.165) is 14.7 Å². The van der Waals surface area contributed by atoms with E-state index in [9.17, 15) is 14.4 Å². The Morgan fingerprint density at radius 1 is 1.15 bits per heavy atom. The fraction of sp³-hybridized carbons (Fsp3) is 0.294. The first-order valence-corrected chi connectivity index (χ1v) is 8.84. The summed E-state index contributed by atoms with van der Waals surface area (Å²) in [5.74, 6) is -0.1000. The number of imidazole rings is 1. The Morgan fingerprint density at radius 3 is 2.54 bits per heavy atom. The van der Waals surface area contributed by atoms with Crippen LogP contribution < -0.4 is 16.6 Å². The van der Waals surface area contributed by atoms with Crippen molar-refractivity contribution in [2.45, 2.75) is 19.4 Å². The van der Waals surface area contributed by atoms with Crippen LogP contribution in [0.25, 0.3) is 11.2 Å². The molecule has 2 heterocycles. The highest BCUT2D eigenvalue weighted by Crippen LogP contribution is 2.14. The zero-order chi connectivity index (χ0) is 18.8. The van der Waals surface area contributed by atoms with Crippen molar-refractivity contribution in [3.63, 3.8) is 0 Å². The largest absolute Gasteiger partial charge is 0.332 e. The Morgan fingerprint density at radius 2 is 1.85 bits per heavy atom. The molecular formula is C17H18BrN5O3. The summed E-state index contributed by atoms with van der Waals surface area (Å²) in [6.45, 7) is 0.456. The van der Waals surface area contributed by atoms with Crippen LogP contribution in [-0.4, -0.2) is 24.6 Å². The summed E-state index contributed by atoms with van der Waals surface area (Å²) in [4.78, 5) is 40.5. The number of halogens is 1. The Kier molecular flexibility index (Phi) is 5.08. The van der Waals surface area contributed by atoms with Crippen LogP contribution in [0.1, 0.15) is 12.8 Å². The first-order chi connectivity index (χ1) is 12.4. The molecule has 3 aromatic rings. The third-order valence-corrected chi connectivity index (χ3v) is 4.68. The number of aromatic nitrogens is 4. The summed E-state index contributed by atoms with van der Waals surface area (Å²) in [5, 5.41) is 2.83. The van der Waals surface area contributed by atoms with Gasteiger partial charge in [0.1, 0.15) is 0 Å². The second-order valence-electron chi connectivity index (χ2n) is 5.97. The van der Waals surface area contributed by atoms with E-state index in [4.69, 9.17) is 0 Å². The molecule has 0 aliphatic heterocycles. The predicted molar refractivity (Wildman–Crippen MR) is 102 cm³/mol. The molecule has 0 saturated heterocycles. The van der Waals surface area contributed by atoms with E-state index in [-0.39, 0.29) is 11.5 Å². The molecule has 136 valence electrons. The molecule has 0 fully saturated rings. The second kappa shape index (κ2) is 7.28. The lowest BCUT2D eigenvalue weighted by atomic mass is 10.2. The van der Waals surface area contributed by atoms with Crippen molar-refractivity contribution in [1.29, 1.82) is 0 Å². The minimum atomic E-state index is -0.415. The van der Waals surface area contributed by atoms with Gasteiger partial charge in [-0.2, -0.15) is 0 Å². The summed E-state index contributed by atoms with van der Waals surface area (Å²) >= 11 is 3.35. The van der Waals surface area contributed by atoms with Crippen LogP contribution in [0.5, 0.6) is 0 Å². The molecule has 0 atom stereocenters. The van der Waals surface area contributed by atoms with Gasteiger partial charge < -0.3 is 9.88 Å². The van der Waals surface area contributed by atoms with Gasteiger partial charge in [-0.1, -0.05) is 15.9 Å². The molecule has 0 radical (unpaired) electrons. The summed E-state index contributed by atoms with van der Waals surface area (Å²) in [7, 11) is 3.01. The summed E-state index contributed by atoms with van der Waals surface area (Å²) in [5.41, 5.74) is 0.636. The average molecular weight is 420 g/mol. The Bertz CT molecular complexity index is 1080. The number of nitrogens with one attached hydrogen (secondary N) is 1. The van der Waals surface area contributed by atoms with Gasteiger partial charge in [-0.15, -0.1) is 0 Å². The van der Waals surface area contributed by atoms with E-state index >= 15 is 0 Å². The van der Waals surface area contributed by atoms with Gasteiger partial charge in [0.05, 0.1) is 6.33 Å². The molecule has 26 heavy (non-hydrogen) atoms. The van der Waals surface area contributed by atoms with Gasteiger partial charge in [0, 0.05) is 37.2 Å². The summed E-state index contributed by atoms with van der Waals surface area (Å²) in [6, 6.07) is 7.34. The van der Waals surface area contributed by atoms with E-state index in [1.807, 2.05) is 24.3 Å². The van der Waals surface area contributed by atoms with Gasteiger partial charge in [0.15, 0.2) is 11.2 Å². The number of carbonyl (C=O) groups is 1. The van der Waals surface area contributed by atoms with Gasteiger partial charge in [-0.05, 0) is 30.7 Å². The zero-order valence-electron chi connectivity index (χ0n) is 14.4. The number of anilines is 1. The predicted octanol–water partition coefficient (Wildman–Crippen LogP) is 1.62. The van der Waals surface area contributed by atoms with Crippen LogP contribution in [0.2, 0.25) is 0 Å². The van der Waals surface area contributed by atoms with Gasteiger partial charge >= 0.3 is 5.69 Å². The smallest absolute Gasteiger partial charge is 0.326 e. The quantitative estimate of drug-likeness (QED) is 0.679. The fourth-order valence-corrected chi connectivity index (χ4v) is 3.00. The molecular weight excluding hydrogens is 402 g/mol. The van der Waals surface area contributed by atoms with Crippen LogP contribution in [0.3, 0.4) is 0 Å². The third kappa shape index (κ3) is 3.48. The zero-order valence-corrected chi connectivity index (χ0v) is 16.0. The minimum absolute atomic E-state index is 0.1000. The van der Waals surface area contributed by atoms with Crippen LogP contribution in [0.15, 0.2) is 44.7 Å². The molecule has 1 aromatic carbocycles. The maximum atomic E-state index is 12.4. The number of rotatable bonds is 5. The number of aryl methyl sites for hydroxylation is 2. The SMILES string of the molecule is Cn1c(=O)c2c(ncn2CCCC(=O)Nc2ccc(Br)cc2)n(C)c1=O. The van der Waals surface area contributed by atoms with Crippen LogP contribution in [0, 0.1) is 0 Å². The molecule has 0 unspecified atom stereocenters. The van der Waals surface area contributed by atoms with E-state index < -0.39 is 5.69 Å². The van der Waals surface area contributed by atoms with Crippen molar-refractivity contribution in [2.75, 3.05) is 5.32 Å². The van der Waals surface area contributed by atoms with Gasteiger partial charge in [-0.3, -0.25) is 18.7 Å². The number of benzene rings is 1. The number of nitrogens with zero attached hydrogens (tertiary/aromatic N) is 4. The molecule has 8 nitrogen and oxygen atoms in total. The topological polar surface area (TPSA) is 90.9 Å². The number of carbonyl (C=O) groups excluding carboxylic acids is 1. The van der Waals surface area contributed by atoms with E-state index in [0.29, 0.717) is 30.6 Å². The lowest BCUT2D eigenvalue weighted by Crippen LogP contribution is -2.37. The maximum Gasteiger partial charge on any atom is 0.332 e. The Hall–Kier alpha value is -2.68. The molecule has 0 aliphatic rings. The van der Waals surface area contributed by atoms with Gasteiger partial charge in [0.25, 0.3) is 5.56 Å². The van der Waals surface area contributed by atoms with Gasteiger partial charge in [-0.25, -0.2) is 9.78 Å². The highest BCUT2D eigenvalue weighted by molar-refractivity contribution is 9.10. The number of hydrogen-bond acceptors (Lipinski definition) is 4. The highest BCUT2D eigenvalue weighted by Gasteiger charge is 2.14. The first kappa shape index (κ1) is 18.1. The summed E-state index contributed by atoms with van der Waals surface area (Å²) < 4.78 is 5.02. The molecule has 2 aromatic heterocycles. The summed E-state index contributed by atoms with van der Waals surface area (Å²) in [6.07, 6.45) is 2.37. The molecule has 1 amide bonds. The Balaban J connectivity index is 1.69. The van der Waals surface area contributed by atoms with Crippen molar-refractivity contribution in [2.24, 2.45) is 14.1 Å².